The third-order valence-electron chi connectivity index (χ3n) is 6.08. The van der Waals surface area contributed by atoms with Gasteiger partial charge in [0.15, 0.2) is 6.10 Å². The van der Waals surface area contributed by atoms with E-state index in [1.807, 2.05) is 0 Å². The average Bonchev–Trinajstić information content (AvgIpc) is 2.77. The van der Waals surface area contributed by atoms with Crippen LogP contribution in [0.1, 0.15) is 36.8 Å². The monoisotopic (exact) mass is 511 g/mol. The first kappa shape index (κ1) is 27.2. The lowest BCUT2D eigenvalue weighted by Gasteiger charge is -2.42. The molecule has 3 unspecified atom stereocenters. The quantitative estimate of drug-likeness (QED) is 0.418. The smallest absolute Gasteiger partial charge is 0.458 e. The molecule has 194 valence electrons. The highest BCUT2D eigenvalue weighted by atomic mass is 19.4. The van der Waals surface area contributed by atoms with Crippen LogP contribution in [-0.2, 0) is 12.3 Å². The Morgan fingerprint density at radius 1 is 0.971 bits per heavy atom. The van der Waals surface area contributed by atoms with Crippen molar-refractivity contribution < 1.29 is 45.0 Å². The van der Waals surface area contributed by atoms with Crippen LogP contribution in [0.15, 0.2) is 54.6 Å². The number of aliphatic hydroxyl groups is 1. The molecule has 0 aliphatic heterocycles. The molecule has 0 amide bonds. The Balaban J connectivity index is 1.87. The van der Waals surface area contributed by atoms with Gasteiger partial charge in [-0.15, -0.1) is 0 Å². The molecule has 2 aromatic rings. The van der Waals surface area contributed by atoms with Crippen molar-refractivity contribution in [1.82, 2.24) is 5.32 Å². The summed E-state index contributed by atoms with van der Waals surface area (Å²) in [6, 6.07) is 12.5. The number of nitrogens with one attached hydrogen (secondary N) is 1. The largest absolute Gasteiger partial charge is 0.490 e. The number of aliphatic hydroxyl groups excluding tert-OH is 1. The highest BCUT2D eigenvalue weighted by Crippen LogP contribution is 2.44. The lowest BCUT2D eigenvalue weighted by Crippen LogP contribution is -2.56. The molecule has 1 aliphatic carbocycles. The molecule has 0 spiro atoms. The minimum Gasteiger partial charge on any atom is -0.490 e. The van der Waals surface area contributed by atoms with Crippen LogP contribution < -0.4 is 10.1 Å². The number of β-amino-alcohol motifs (C(OH)–C–C–N with tert-alkyl or cyclic N) is 1. The molecule has 0 radical (unpaired) electrons. The van der Waals surface area contributed by atoms with Gasteiger partial charge in [0.25, 0.3) is 0 Å². The number of hydrogen-bond acceptors (Lipinski definition) is 3. The lowest BCUT2D eigenvalue weighted by molar-refractivity contribution is -0.289. The molecule has 0 aromatic heterocycles. The fourth-order valence-corrected chi connectivity index (χ4v) is 4.34. The molecular weight excluding hydrogens is 486 g/mol. The number of hydrogen-bond donors (Lipinski definition) is 2. The highest BCUT2D eigenvalue weighted by molar-refractivity contribution is 5.30. The van der Waals surface area contributed by atoms with E-state index in [0.717, 1.165) is 12.1 Å². The fraction of sp³-hybridized carbons (Fsp3) is 0.500. The van der Waals surface area contributed by atoms with Crippen molar-refractivity contribution >= 4 is 0 Å². The Morgan fingerprint density at radius 2 is 1.66 bits per heavy atom. The molecule has 3 rings (SSSR count). The van der Waals surface area contributed by atoms with Crippen LogP contribution in [0.2, 0.25) is 0 Å². The Kier molecular flexibility index (Phi) is 8.00. The molecule has 1 saturated carbocycles. The van der Waals surface area contributed by atoms with Gasteiger partial charge in [-0.2, -0.15) is 35.1 Å². The van der Waals surface area contributed by atoms with E-state index in [0.29, 0.717) is 31.1 Å². The Bertz CT molecular complexity index is 964. The first-order valence-corrected chi connectivity index (χ1v) is 11.0. The zero-order valence-electron chi connectivity index (χ0n) is 18.5. The van der Waals surface area contributed by atoms with Crippen LogP contribution in [0.4, 0.5) is 35.1 Å². The van der Waals surface area contributed by atoms with E-state index in [1.165, 1.54) is 6.07 Å². The number of para-hydroxylation sites is 1. The summed E-state index contributed by atoms with van der Waals surface area (Å²) >= 11 is 0. The standard InChI is InChI=1S/C24H25F8NO2/c25-22(26,24(30,31)32)17-7-4-6-16(12-17)13-21(33-15-20(34)23(27,28)29)11-5-10-19(14-21)35-18-8-2-1-3-9-18/h1-4,6-9,12,19-20,33-34H,5,10-11,13-15H2. The second kappa shape index (κ2) is 10.3. The van der Waals surface area contributed by atoms with Crippen LogP contribution >= 0.6 is 0 Å². The molecule has 0 saturated heterocycles. The number of rotatable bonds is 8. The van der Waals surface area contributed by atoms with Gasteiger partial charge in [-0.25, -0.2) is 0 Å². The number of halogens is 8. The maximum atomic E-state index is 13.9. The molecule has 2 N–H and O–H groups in total. The van der Waals surface area contributed by atoms with E-state index in [-0.39, 0.29) is 18.4 Å². The molecule has 11 heteroatoms. The van der Waals surface area contributed by atoms with E-state index in [9.17, 15) is 40.2 Å². The van der Waals surface area contributed by atoms with Crippen LogP contribution in [0.5, 0.6) is 5.75 Å². The highest BCUT2D eigenvalue weighted by Gasteiger charge is 2.58. The summed E-state index contributed by atoms with van der Waals surface area (Å²) < 4.78 is 111. The molecule has 0 heterocycles. The van der Waals surface area contributed by atoms with Gasteiger partial charge < -0.3 is 15.2 Å². The van der Waals surface area contributed by atoms with Gasteiger partial charge in [0.1, 0.15) is 11.9 Å². The van der Waals surface area contributed by atoms with Crippen molar-refractivity contribution in [2.45, 2.75) is 68.1 Å². The van der Waals surface area contributed by atoms with Crippen molar-refractivity contribution in [2.75, 3.05) is 6.54 Å². The van der Waals surface area contributed by atoms with Crippen molar-refractivity contribution in [3.63, 3.8) is 0 Å². The molecule has 0 bridgehead atoms. The molecule has 2 aromatic carbocycles. The maximum absolute atomic E-state index is 13.9. The topological polar surface area (TPSA) is 41.5 Å². The van der Waals surface area contributed by atoms with E-state index in [4.69, 9.17) is 4.74 Å². The number of ether oxygens (including phenoxy) is 1. The van der Waals surface area contributed by atoms with Crippen molar-refractivity contribution in [2.24, 2.45) is 0 Å². The summed E-state index contributed by atoms with van der Waals surface area (Å²) in [6.45, 7) is -0.861. The molecule has 3 atom stereocenters. The summed E-state index contributed by atoms with van der Waals surface area (Å²) in [7, 11) is 0. The van der Waals surface area contributed by atoms with Gasteiger partial charge in [-0.1, -0.05) is 36.4 Å². The van der Waals surface area contributed by atoms with Crippen LogP contribution in [0.25, 0.3) is 0 Å². The Hall–Kier alpha value is -2.40. The fourth-order valence-electron chi connectivity index (χ4n) is 4.34. The summed E-state index contributed by atoms with van der Waals surface area (Å²) in [5, 5.41) is 12.2. The third-order valence-corrected chi connectivity index (χ3v) is 6.08. The van der Waals surface area contributed by atoms with Crippen molar-refractivity contribution in [3.8, 4) is 5.75 Å². The zero-order valence-corrected chi connectivity index (χ0v) is 18.5. The lowest BCUT2D eigenvalue weighted by atomic mass is 9.75. The Labute approximate surface area is 197 Å². The SMILES string of the molecule is OC(CNC1(Cc2cccc(C(F)(F)C(F)(F)F)c2)CCCC(Oc2ccccc2)C1)C(F)(F)F. The molecule has 1 fully saturated rings. The minimum atomic E-state index is -5.79. The first-order chi connectivity index (χ1) is 16.2. The molecular formula is C24H25F8NO2. The van der Waals surface area contributed by atoms with Gasteiger partial charge in [-0.3, -0.25) is 0 Å². The maximum Gasteiger partial charge on any atom is 0.458 e. The normalized spacial score (nSPS) is 22.6. The third kappa shape index (κ3) is 6.84. The van der Waals surface area contributed by atoms with E-state index >= 15 is 0 Å². The summed E-state index contributed by atoms with van der Waals surface area (Å²) in [6.07, 6.45) is -12.4. The predicted molar refractivity (Wildman–Crippen MR) is 112 cm³/mol. The van der Waals surface area contributed by atoms with E-state index in [2.05, 4.69) is 5.32 Å². The van der Waals surface area contributed by atoms with Gasteiger partial charge in [0, 0.05) is 24.1 Å². The second-order valence-electron chi connectivity index (χ2n) is 8.82. The van der Waals surface area contributed by atoms with Crippen molar-refractivity contribution in [1.29, 1.82) is 0 Å². The number of benzene rings is 2. The molecule has 3 nitrogen and oxygen atoms in total. The minimum absolute atomic E-state index is 0.0979. The summed E-state index contributed by atoms with van der Waals surface area (Å²) in [5.41, 5.74) is -2.28. The number of alkyl halides is 8. The summed E-state index contributed by atoms with van der Waals surface area (Å²) in [5.74, 6) is -4.54. The van der Waals surface area contributed by atoms with Gasteiger partial charge in [0.05, 0.1) is 0 Å². The van der Waals surface area contributed by atoms with Gasteiger partial charge in [-0.05, 0) is 49.4 Å². The molecule has 1 aliphatic rings. The van der Waals surface area contributed by atoms with Crippen LogP contribution in [0.3, 0.4) is 0 Å². The van der Waals surface area contributed by atoms with Gasteiger partial charge >= 0.3 is 18.3 Å². The van der Waals surface area contributed by atoms with Crippen LogP contribution in [-0.4, -0.2) is 41.8 Å². The summed E-state index contributed by atoms with van der Waals surface area (Å²) in [4.78, 5) is 0. The second-order valence-corrected chi connectivity index (χ2v) is 8.82. The van der Waals surface area contributed by atoms with Gasteiger partial charge in [0.2, 0.25) is 0 Å². The molecule has 35 heavy (non-hydrogen) atoms. The zero-order chi connectivity index (χ0) is 25.9. The first-order valence-electron chi connectivity index (χ1n) is 11.0. The van der Waals surface area contributed by atoms with E-state index in [1.54, 1.807) is 30.3 Å². The Morgan fingerprint density at radius 3 is 2.29 bits per heavy atom. The van der Waals surface area contributed by atoms with E-state index < -0.39 is 48.1 Å². The predicted octanol–water partition coefficient (Wildman–Crippen LogP) is 6.16. The average molecular weight is 511 g/mol. The van der Waals surface area contributed by atoms with Crippen LogP contribution in [0, 0.1) is 0 Å². The van der Waals surface area contributed by atoms with Crippen molar-refractivity contribution in [3.05, 3.63) is 65.7 Å².